The Hall–Kier alpha value is -0.300. The van der Waals surface area contributed by atoms with Gasteiger partial charge in [0, 0.05) is 6.54 Å². The Morgan fingerprint density at radius 2 is 2.17 bits per heavy atom. The van der Waals surface area contributed by atoms with Crippen LogP contribution in [0.4, 0.5) is 0 Å². The number of nitrogens with zero attached hydrogens (tertiary/aromatic N) is 1. The molecule has 1 aliphatic heterocycles. The maximum atomic E-state index is 2.46. The molecule has 0 bridgehead atoms. The van der Waals surface area contributed by atoms with Crippen molar-refractivity contribution in [1.29, 1.82) is 0 Å². The lowest BCUT2D eigenvalue weighted by molar-refractivity contribution is 0.317. The third-order valence-corrected chi connectivity index (χ3v) is 2.97. The van der Waals surface area contributed by atoms with Crippen molar-refractivity contribution < 1.29 is 0 Å². The van der Waals surface area contributed by atoms with E-state index in [0.717, 1.165) is 5.92 Å². The highest BCUT2D eigenvalue weighted by Crippen LogP contribution is 2.21. The number of allylic oxidation sites excluding steroid dienone is 1. The van der Waals surface area contributed by atoms with Crippen LogP contribution in [0.3, 0.4) is 0 Å². The maximum absolute atomic E-state index is 2.46. The summed E-state index contributed by atoms with van der Waals surface area (Å²) in [7, 11) is 2.24. The average molecular weight is 167 g/mol. The fourth-order valence-electron chi connectivity index (χ4n) is 1.94. The zero-order valence-corrected chi connectivity index (χ0v) is 8.64. The summed E-state index contributed by atoms with van der Waals surface area (Å²) in [6, 6.07) is 0. The minimum Gasteiger partial charge on any atom is -0.306 e. The summed E-state index contributed by atoms with van der Waals surface area (Å²) in [6.07, 6.45) is 6.44. The monoisotopic (exact) mass is 167 g/mol. The smallest absolute Gasteiger partial charge is 0.00438 e. The zero-order valence-electron chi connectivity index (χ0n) is 8.64. The van der Waals surface area contributed by atoms with Crippen LogP contribution < -0.4 is 0 Å². The molecule has 1 aliphatic rings. The summed E-state index contributed by atoms with van der Waals surface area (Å²) >= 11 is 0. The standard InChI is InChI=1S/C11H21N/c1-4-10(2)11-7-5-6-8-12(3)9-11/h4,11H,5-9H2,1-3H3/b10-4+/t11-/m0/s1. The molecule has 1 heterocycles. The largest absolute Gasteiger partial charge is 0.306 e. The van der Waals surface area contributed by atoms with E-state index in [2.05, 4.69) is 31.9 Å². The van der Waals surface area contributed by atoms with Crippen molar-refractivity contribution in [3.63, 3.8) is 0 Å². The van der Waals surface area contributed by atoms with Crippen LogP contribution >= 0.6 is 0 Å². The fourth-order valence-corrected chi connectivity index (χ4v) is 1.94. The summed E-state index contributed by atoms with van der Waals surface area (Å²) in [6.45, 7) is 6.97. The van der Waals surface area contributed by atoms with Crippen LogP contribution in [0.5, 0.6) is 0 Å². The maximum Gasteiger partial charge on any atom is 0.00438 e. The molecule has 12 heavy (non-hydrogen) atoms. The average Bonchev–Trinajstić information content (AvgIpc) is 2.28. The van der Waals surface area contributed by atoms with Gasteiger partial charge in [0.05, 0.1) is 0 Å². The van der Waals surface area contributed by atoms with Gasteiger partial charge in [-0.2, -0.15) is 0 Å². The van der Waals surface area contributed by atoms with E-state index >= 15 is 0 Å². The summed E-state index contributed by atoms with van der Waals surface area (Å²) in [4.78, 5) is 2.46. The van der Waals surface area contributed by atoms with Gasteiger partial charge < -0.3 is 4.90 Å². The minimum absolute atomic E-state index is 0.822. The summed E-state index contributed by atoms with van der Waals surface area (Å²) in [5.74, 6) is 0.822. The Kier molecular flexibility index (Phi) is 3.80. The normalized spacial score (nSPS) is 28.6. The van der Waals surface area contributed by atoms with Gasteiger partial charge in [0.25, 0.3) is 0 Å². The lowest BCUT2D eigenvalue weighted by atomic mass is 9.95. The van der Waals surface area contributed by atoms with Crippen molar-refractivity contribution in [3.8, 4) is 0 Å². The van der Waals surface area contributed by atoms with Crippen LogP contribution in [0, 0.1) is 5.92 Å². The lowest BCUT2D eigenvalue weighted by Gasteiger charge is -2.20. The Bertz CT molecular complexity index is 160. The highest BCUT2D eigenvalue weighted by molar-refractivity contribution is 5.03. The molecule has 0 saturated carbocycles. The Balaban J connectivity index is 2.52. The van der Waals surface area contributed by atoms with Gasteiger partial charge in [0.2, 0.25) is 0 Å². The van der Waals surface area contributed by atoms with Gasteiger partial charge in [-0.05, 0) is 46.2 Å². The van der Waals surface area contributed by atoms with E-state index in [-0.39, 0.29) is 0 Å². The van der Waals surface area contributed by atoms with Crippen molar-refractivity contribution in [1.82, 2.24) is 4.90 Å². The second-order valence-corrected chi connectivity index (χ2v) is 3.99. The molecule has 0 aliphatic carbocycles. The summed E-state index contributed by atoms with van der Waals surface area (Å²) in [5, 5.41) is 0. The van der Waals surface area contributed by atoms with Crippen LogP contribution in [0.25, 0.3) is 0 Å². The first kappa shape index (κ1) is 9.79. The molecule has 0 aromatic carbocycles. The van der Waals surface area contributed by atoms with Crippen LogP contribution in [-0.2, 0) is 0 Å². The molecule has 0 unspecified atom stereocenters. The van der Waals surface area contributed by atoms with Gasteiger partial charge in [-0.15, -0.1) is 0 Å². The predicted molar refractivity (Wildman–Crippen MR) is 54.3 cm³/mol. The number of rotatable bonds is 1. The van der Waals surface area contributed by atoms with Crippen molar-refractivity contribution in [2.45, 2.75) is 33.1 Å². The van der Waals surface area contributed by atoms with Gasteiger partial charge in [0.15, 0.2) is 0 Å². The molecule has 0 spiro atoms. The van der Waals surface area contributed by atoms with Crippen molar-refractivity contribution >= 4 is 0 Å². The van der Waals surface area contributed by atoms with Crippen LogP contribution in [-0.4, -0.2) is 25.0 Å². The molecular weight excluding hydrogens is 146 g/mol. The van der Waals surface area contributed by atoms with Gasteiger partial charge in [0.1, 0.15) is 0 Å². The molecule has 1 nitrogen and oxygen atoms in total. The van der Waals surface area contributed by atoms with Crippen LogP contribution in [0.15, 0.2) is 11.6 Å². The van der Waals surface area contributed by atoms with Crippen molar-refractivity contribution in [3.05, 3.63) is 11.6 Å². The zero-order chi connectivity index (χ0) is 8.97. The van der Waals surface area contributed by atoms with Gasteiger partial charge >= 0.3 is 0 Å². The molecule has 1 saturated heterocycles. The third kappa shape index (κ3) is 2.63. The van der Waals surface area contributed by atoms with E-state index in [1.54, 1.807) is 5.57 Å². The minimum atomic E-state index is 0.822. The second kappa shape index (κ2) is 4.66. The Labute approximate surface area is 76.5 Å². The first-order valence-corrected chi connectivity index (χ1v) is 5.05. The van der Waals surface area contributed by atoms with Crippen LogP contribution in [0.1, 0.15) is 33.1 Å². The molecule has 1 heteroatoms. The highest BCUT2D eigenvalue weighted by atomic mass is 15.1. The van der Waals surface area contributed by atoms with E-state index in [1.807, 2.05) is 0 Å². The number of likely N-dealkylation sites (tertiary alicyclic amines) is 1. The summed E-state index contributed by atoms with van der Waals surface area (Å²) in [5.41, 5.74) is 1.57. The molecule has 0 radical (unpaired) electrons. The van der Waals surface area contributed by atoms with E-state index in [0.29, 0.717) is 0 Å². The molecule has 1 rings (SSSR count). The predicted octanol–water partition coefficient (Wildman–Crippen LogP) is 2.68. The first-order chi connectivity index (χ1) is 5.74. The summed E-state index contributed by atoms with van der Waals surface area (Å²) < 4.78 is 0. The molecule has 0 amide bonds. The van der Waals surface area contributed by atoms with E-state index in [1.165, 1.54) is 32.4 Å². The van der Waals surface area contributed by atoms with Gasteiger partial charge in [-0.3, -0.25) is 0 Å². The highest BCUT2D eigenvalue weighted by Gasteiger charge is 2.15. The first-order valence-electron chi connectivity index (χ1n) is 5.05. The SMILES string of the molecule is C/C=C(\C)[C@H]1CCCCN(C)C1. The van der Waals surface area contributed by atoms with E-state index < -0.39 is 0 Å². The molecule has 0 aromatic rings. The molecule has 1 fully saturated rings. The number of hydrogen-bond acceptors (Lipinski definition) is 1. The number of hydrogen-bond donors (Lipinski definition) is 0. The fraction of sp³-hybridized carbons (Fsp3) is 0.818. The quantitative estimate of drug-likeness (QED) is 0.543. The molecule has 0 aromatic heterocycles. The topological polar surface area (TPSA) is 3.24 Å². The molecule has 0 N–H and O–H groups in total. The molecular formula is C11H21N. The van der Waals surface area contributed by atoms with Crippen LogP contribution in [0.2, 0.25) is 0 Å². The Morgan fingerprint density at radius 3 is 2.83 bits per heavy atom. The third-order valence-electron chi connectivity index (χ3n) is 2.97. The van der Waals surface area contributed by atoms with Gasteiger partial charge in [-0.1, -0.05) is 18.1 Å². The molecule has 1 atom stereocenters. The lowest BCUT2D eigenvalue weighted by Crippen LogP contribution is -2.24. The molecule has 70 valence electrons. The van der Waals surface area contributed by atoms with Crippen molar-refractivity contribution in [2.24, 2.45) is 5.92 Å². The Morgan fingerprint density at radius 1 is 1.42 bits per heavy atom. The van der Waals surface area contributed by atoms with E-state index in [4.69, 9.17) is 0 Å². The second-order valence-electron chi connectivity index (χ2n) is 3.99. The van der Waals surface area contributed by atoms with Gasteiger partial charge in [-0.25, -0.2) is 0 Å². The van der Waals surface area contributed by atoms with E-state index in [9.17, 15) is 0 Å². The van der Waals surface area contributed by atoms with Crippen molar-refractivity contribution in [2.75, 3.05) is 20.1 Å².